The highest BCUT2D eigenvalue weighted by atomic mass is 35.5. The van der Waals surface area contributed by atoms with Crippen LogP contribution in [0.3, 0.4) is 0 Å². The largest absolute Gasteiger partial charge is 0.492 e. The predicted molar refractivity (Wildman–Crippen MR) is 143 cm³/mol. The monoisotopic (exact) mass is 515 g/mol. The van der Waals surface area contributed by atoms with Gasteiger partial charge in [0, 0.05) is 57.9 Å². The lowest BCUT2D eigenvalue weighted by molar-refractivity contribution is -0.120. The van der Waals surface area contributed by atoms with Crippen molar-refractivity contribution >= 4 is 23.4 Å². The maximum absolute atomic E-state index is 13.5. The van der Waals surface area contributed by atoms with E-state index in [2.05, 4.69) is 10.6 Å². The highest BCUT2D eigenvalue weighted by molar-refractivity contribution is 6.32. The number of amides is 2. The van der Waals surface area contributed by atoms with Crippen molar-refractivity contribution in [1.82, 2.24) is 15.5 Å². The molecule has 1 unspecified atom stereocenters. The molecule has 1 fully saturated rings. The summed E-state index contributed by atoms with van der Waals surface area (Å²) >= 11 is 6.30. The number of rotatable bonds is 13. The fraction of sp³-hybridized carbons (Fsp3) is 0.500. The summed E-state index contributed by atoms with van der Waals surface area (Å²) in [4.78, 5) is 27.8. The van der Waals surface area contributed by atoms with Gasteiger partial charge in [0.1, 0.15) is 5.75 Å². The van der Waals surface area contributed by atoms with E-state index in [9.17, 15) is 9.59 Å². The molecule has 0 radical (unpaired) electrons. The smallest absolute Gasteiger partial charge is 0.254 e. The van der Waals surface area contributed by atoms with Gasteiger partial charge in [-0.25, -0.2) is 0 Å². The van der Waals surface area contributed by atoms with E-state index in [0.717, 1.165) is 25.1 Å². The number of halogens is 1. The Morgan fingerprint density at radius 2 is 1.86 bits per heavy atom. The average molecular weight is 516 g/mol. The molecule has 2 atom stereocenters. The zero-order valence-corrected chi connectivity index (χ0v) is 22.2. The lowest BCUT2D eigenvalue weighted by Crippen LogP contribution is -2.43. The number of carbonyl (C=O) groups is 2. The predicted octanol–water partition coefficient (Wildman–Crippen LogP) is 3.80. The zero-order valence-electron chi connectivity index (χ0n) is 21.5. The van der Waals surface area contributed by atoms with Gasteiger partial charge in [0.25, 0.3) is 5.91 Å². The van der Waals surface area contributed by atoms with Crippen molar-refractivity contribution in [2.24, 2.45) is 11.8 Å². The molecule has 2 N–H and O–H groups in total. The highest BCUT2D eigenvalue weighted by Crippen LogP contribution is 2.27. The van der Waals surface area contributed by atoms with Crippen LogP contribution in [0.25, 0.3) is 0 Å². The quantitative estimate of drug-likeness (QED) is 0.397. The van der Waals surface area contributed by atoms with Crippen LogP contribution in [0.2, 0.25) is 5.02 Å². The van der Waals surface area contributed by atoms with Gasteiger partial charge in [-0.15, -0.1) is 0 Å². The molecule has 196 valence electrons. The Morgan fingerprint density at radius 3 is 2.58 bits per heavy atom. The third-order valence-corrected chi connectivity index (χ3v) is 6.80. The van der Waals surface area contributed by atoms with Crippen molar-refractivity contribution in [1.29, 1.82) is 0 Å². The number of carbonyl (C=O) groups excluding carboxylic acids is 2. The van der Waals surface area contributed by atoms with Crippen LogP contribution in [0.15, 0.2) is 48.5 Å². The maximum atomic E-state index is 13.5. The molecule has 1 heterocycles. The van der Waals surface area contributed by atoms with E-state index in [1.54, 1.807) is 25.3 Å². The molecule has 1 aliphatic heterocycles. The van der Waals surface area contributed by atoms with Gasteiger partial charge in [0.05, 0.1) is 18.1 Å². The molecule has 0 spiro atoms. The van der Waals surface area contributed by atoms with Crippen LogP contribution in [0, 0.1) is 11.8 Å². The van der Waals surface area contributed by atoms with Gasteiger partial charge in [-0.05, 0) is 49.4 Å². The lowest BCUT2D eigenvalue weighted by Gasteiger charge is -2.31. The topological polar surface area (TPSA) is 79.9 Å². The number of nitrogens with zero attached hydrogens (tertiary/aromatic N) is 1. The van der Waals surface area contributed by atoms with Crippen molar-refractivity contribution in [3.8, 4) is 5.75 Å². The number of methoxy groups -OCH3 is 1. The second kappa shape index (κ2) is 14.2. The molecule has 8 heteroatoms. The van der Waals surface area contributed by atoms with Gasteiger partial charge in [0.15, 0.2) is 0 Å². The van der Waals surface area contributed by atoms with E-state index in [-0.39, 0.29) is 29.7 Å². The van der Waals surface area contributed by atoms with Gasteiger partial charge in [-0.3, -0.25) is 9.59 Å². The molecule has 1 saturated heterocycles. The first-order valence-electron chi connectivity index (χ1n) is 12.6. The maximum Gasteiger partial charge on any atom is 0.254 e. The summed E-state index contributed by atoms with van der Waals surface area (Å²) in [6, 6.07) is 14.9. The third kappa shape index (κ3) is 8.22. The van der Waals surface area contributed by atoms with Gasteiger partial charge in [0.2, 0.25) is 5.91 Å². The Hall–Kier alpha value is -2.61. The van der Waals surface area contributed by atoms with Gasteiger partial charge < -0.3 is 25.0 Å². The van der Waals surface area contributed by atoms with E-state index < -0.39 is 0 Å². The molecule has 3 rings (SSSR count). The lowest BCUT2D eigenvalue weighted by atomic mass is 9.94. The van der Waals surface area contributed by atoms with Gasteiger partial charge >= 0.3 is 0 Å². The number of benzene rings is 2. The molecular weight excluding hydrogens is 478 g/mol. The first kappa shape index (κ1) is 28.0. The Balaban J connectivity index is 1.60. The molecule has 0 saturated carbocycles. The van der Waals surface area contributed by atoms with Crippen molar-refractivity contribution < 1.29 is 19.1 Å². The Bertz CT molecular complexity index is 986. The van der Waals surface area contributed by atoms with Crippen molar-refractivity contribution in [2.45, 2.75) is 32.7 Å². The first-order valence-corrected chi connectivity index (χ1v) is 13.0. The minimum absolute atomic E-state index is 0.0165. The van der Waals surface area contributed by atoms with E-state index in [0.29, 0.717) is 49.1 Å². The first-order chi connectivity index (χ1) is 17.4. The summed E-state index contributed by atoms with van der Waals surface area (Å²) in [5, 5.41) is 7.00. The molecule has 7 nitrogen and oxygen atoms in total. The van der Waals surface area contributed by atoms with Crippen molar-refractivity contribution in [2.75, 3.05) is 46.5 Å². The summed E-state index contributed by atoms with van der Waals surface area (Å²) in [6.07, 6.45) is 1.11. The Morgan fingerprint density at radius 1 is 1.11 bits per heavy atom. The Kier molecular flexibility index (Phi) is 11.0. The molecule has 0 bridgehead atoms. The molecular formula is C28H38ClN3O4. The number of hydrogen-bond donors (Lipinski definition) is 2. The minimum Gasteiger partial charge on any atom is -0.492 e. The van der Waals surface area contributed by atoms with Crippen LogP contribution in [0.4, 0.5) is 0 Å². The normalized spacial score (nSPS) is 17.2. The van der Waals surface area contributed by atoms with Gasteiger partial charge in [-0.1, -0.05) is 41.9 Å². The number of hydrogen-bond acceptors (Lipinski definition) is 5. The SMILES string of the molecule is COCCCOc1cc(C(=O)N(C[C@@H]2CNCC2CNC(=O)Cc2ccccc2)C(C)C)ccc1Cl. The summed E-state index contributed by atoms with van der Waals surface area (Å²) in [5.41, 5.74) is 1.55. The third-order valence-electron chi connectivity index (χ3n) is 6.49. The molecule has 2 aromatic rings. The highest BCUT2D eigenvalue weighted by Gasteiger charge is 2.32. The van der Waals surface area contributed by atoms with E-state index in [1.165, 1.54) is 0 Å². The van der Waals surface area contributed by atoms with E-state index >= 15 is 0 Å². The second-order valence-electron chi connectivity index (χ2n) is 9.54. The number of nitrogens with one attached hydrogen (secondary N) is 2. The average Bonchev–Trinajstić information content (AvgIpc) is 3.32. The minimum atomic E-state index is -0.0535. The van der Waals surface area contributed by atoms with Crippen LogP contribution in [0.1, 0.15) is 36.2 Å². The van der Waals surface area contributed by atoms with Crippen molar-refractivity contribution in [3.05, 3.63) is 64.7 Å². The van der Waals surface area contributed by atoms with Crippen LogP contribution in [-0.2, 0) is 16.0 Å². The van der Waals surface area contributed by atoms with Crippen LogP contribution in [0.5, 0.6) is 5.75 Å². The van der Waals surface area contributed by atoms with Crippen LogP contribution in [-0.4, -0.2) is 69.3 Å². The summed E-state index contributed by atoms with van der Waals surface area (Å²) in [5.74, 6) is 0.961. The molecule has 2 aromatic carbocycles. The summed E-state index contributed by atoms with van der Waals surface area (Å²) in [7, 11) is 1.65. The molecule has 0 aromatic heterocycles. The number of ether oxygens (including phenoxy) is 2. The molecule has 36 heavy (non-hydrogen) atoms. The van der Waals surface area contributed by atoms with Gasteiger partial charge in [-0.2, -0.15) is 0 Å². The standard InChI is InChI=1S/C28H38ClN3O4/c1-20(2)32(28(34)22-10-11-25(29)26(15-22)36-13-7-12-35-3)19-24-17-30-16-23(24)18-31-27(33)14-21-8-5-4-6-9-21/h4-6,8-11,15,20,23-24,30H,7,12-14,16-19H2,1-3H3,(H,31,33)/t23?,24-/m0/s1. The zero-order chi connectivity index (χ0) is 25.9. The van der Waals surface area contributed by atoms with Crippen LogP contribution >= 0.6 is 11.6 Å². The second-order valence-corrected chi connectivity index (χ2v) is 9.94. The molecule has 1 aliphatic rings. The van der Waals surface area contributed by atoms with Crippen molar-refractivity contribution in [3.63, 3.8) is 0 Å². The summed E-state index contributed by atoms with van der Waals surface area (Å²) < 4.78 is 10.8. The Labute approximate surface area is 219 Å². The fourth-order valence-corrected chi connectivity index (χ4v) is 4.58. The molecule has 0 aliphatic carbocycles. The van der Waals surface area contributed by atoms with Crippen LogP contribution < -0.4 is 15.4 Å². The fourth-order valence-electron chi connectivity index (χ4n) is 4.41. The summed E-state index contributed by atoms with van der Waals surface area (Å²) in [6.45, 7) is 7.93. The van der Waals surface area contributed by atoms with E-state index in [4.69, 9.17) is 21.1 Å². The van der Waals surface area contributed by atoms with E-state index in [1.807, 2.05) is 49.1 Å². The molecule has 2 amide bonds.